The molecule has 0 saturated carbocycles. The molecule has 3 rings (SSSR count). The van der Waals surface area contributed by atoms with Gasteiger partial charge >= 0.3 is 12.1 Å². The predicted octanol–water partition coefficient (Wildman–Crippen LogP) is 3.51. The van der Waals surface area contributed by atoms with Crippen molar-refractivity contribution < 1.29 is 32.0 Å². The molecule has 0 spiro atoms. The molecule has 1 aromatic heterocycles. The highest BCUT2D eigenvalue weighted by molar-refractivity contribution is 5.75. The zero-order valence-electron chi connectivity index (χ0n) is 17.4. The van der Waals surface area contributed by atoms with Crippen molar-refractivity contribution in [3.63, 3.8) is 0 Å². The summed E-state index contributed by atoms with van der Waals surface area (Å²) in [5.41, 5.74) is 4.74. The number of nitrogens with one attached hydrogen (secondary N) is 1. The third-order valence-corrected chi connectivity index (χ3v) is 4.93. The molecule has 0 amide bonds. The topological polar surface area (TPSA) is 128 Å². The van der Waals surface area contributed by atoms with E-state index >= 15 is 0 Å². The van der Waals surface area contributed by atoms with Gasteiger partial charge in [0.1, 0.15) is 11.8 Å². The average molecular weight is 455 g/mol. The summed E-state index contributed by atoms with van der Waals surface area (Å²) in [6.07, 6.45) is -2.31. The lowest BCUT2D eigenvalue weighted by Crippen LogP contribution is -2.35. The number of guanidine groups is 1. The number of halogens is 3. The Hall–Kier alpha value is -3.31. The molecule has 1 saturated heterocycles. The molecule has 12 heteroatoms. The Morgan fingerprint density at radius 2 is 2.09 bits per heavy atom. The number of ether oxygens (including phenoxy) is 2. The summed E-state index contributed by atoms with van der Waals surface area (Å²) in [7, 11) is 0. The minimum Gasteiger partial charge on any atom is -0.493 e. The van der Waals surface area contributed by atoms with Gasteiger partial charge in [0.15, 0.2) is 5.96 Å². The highest BCUT2D eigenvalue weighted by Crippen LogP contribution is 2.39. The van der Waals surface area contributed by atoms with E-state index in [1.807, 2.05) is 0 Å². The number of carbonyl (C=O) groups is 1. The first-order valence-corrected chi connectivity index (χ1v) is 10.1. The molecule has 1 aliphatic heterocycles. The minimum atomic E-state index is -4.65. The number of hydrogen-bond donors (Lipinski definition) is 2. The molecule has 1 unspecified atom stereocenters. The third-order valence-electron chi connectivity index (χ3n) is 4.93. The summed E-state index contributed by atoms with van der Waals surface area (Å²) in [6, 6.07) is 3.19. The van der Waals surface area contributed by atoms with Crippen LogP contribution in [0.2, 0.25) is 0 Å². The number of rotatable bonds is 8. The van der Waals surface area contributed by atoms with Crippen molar-refractivity contribution in [3.8, 4) is 17.1 Å². The van der Waals surface area contributed by atoms with Gasteiger partial charge in [-0.2, -0.15) is 18.2 Å². The maximum atomic E-state index is 13.6. The Bertz CT molecular complexity index is 963. The first-order chi connectivity index (χ1) is 15.2. The van der Waals surface area contributed by atoms with Crippen LogP contribution in [0.3, 0.4) is 0 Å². The fraction of sp³-hybridized carbons (Fsp3) is 0.500. The van der Waals surface area contributed by atoms with Crippen LogP contribution < -0.4 is 10.5 Å². The molecule has 2 aromatic rings. The summed E-state index contributed by atoms with van der Waals surface area (Å²) in [4.78, 5) is 16.6. The zero-order chi connectivity index (χ0) is 23.3. The van der Waals surface area contributed by atoms with Crippen molar-refractivity contribution in [2.45, 2.75) is 44.8 Å². The molecule has 9 nitrogen and oxygen atoms in total. The molecular formula is C20H24F3N5O4. The van der Waals surface area contributed by atoms with Crippen LogP contribution in [0.25, 0.3) is 11.4 Å². The number of alkyl halides is 3. The van der Waals surface area contributed by atoms with E-state index in [1.165, 1.54) is 19.1 Å². The van der Waals surface area contributed by atoms with Crippen LogP contribution >= 0.6 is 0 Å². The molecule has 0 radical (unpaired) electrons. The summed E-state index contributed by atoms with van der Waals surface area (Å²) in [5.74, 6) is -0.632. The van der Waals surface area contributed by atoms with Gasteiger partial charge < -0.3 is 24.6 Å². The lowest BCUT2D eigenvalue weighted by molar-refractivity contribution is -0.141. The van der Waals surface area contributed by atoms with E-state index < -0.39 is 17.7 Å². The van der Waals surface area contributed by atoms with Crippen molar-refractivity contribution in [1.82, 2.24) is 15.0 Å². The number of aromatic nitrogens is 2. The van der Waals surface area contributed by atoms with E-state index in [1.54, 1.807) is 4.90 Å². The highest BCUT2D eigenvalue weighted by Gasteiger charge is 2.36. The maximum absolute atomic E-state index is 13.6. The van der Waals surface area contributed by atoms with E-state index in [2.05, 4.69) is 10.1 Å². The van der Waals surface area contributed by atoms with Gasteiger partial charge in [-0.05, 0) is 43.9 Å². The van der Waals surface area contributed by atoms with E-state index in [9.17, 15) is 18.0 Å². The summed E-state index contributed by atoms with van der Waals surface area (Å²) < 4.78 is 56.2. The van der Waals surface area contributed by atoms with Crippen LogP contribution in [-0.2, 0) is 15.7 Å². The van der Waals surface area contributed by atoms with Gasteiger partial charge in [0.25, 0.3) is 0 Å². The monoisotopic (exact) mass is 455 g/mol. The molecule has 174 valence electrons. The summed E-state index contributed by atoms with van der Waals surface area (Å²) >= 11 is 0. The first-order valence-electron chi connectivity index (χ1n) is 10.1. The van der Waals surface area contributed by atoms with Crippen molar-refractivity contribution in [1.29, 1.82) is 5.41 Å². The molecule has 3 N–H and O–H groups in total. The predicted molar refractivity (Wildman–Crippen MR) is 107 cm³/mol. The third kappa shape index (κ3) is 5.68. The number of benzene rings is 1. The largest absolute Gasteiger partial charge is 0.493 e. The second-order valence-electron chi connectivity index (χ2n) is 7.30. The van der Waals surface area contributed by atoms with Crippen LogP contribution in [0.5, 0.6) is 5.75 Å². The molecule has 0 bridgehead atoms. The van der Waals surface area contributed by atoms with Crippen LogP contribution in [0.15, 0.2) is 22.7 Å². The summed E-state index contributed by atoms with van der Waals surface area (Å²) in [6.45, 7) is 2.08. The van der Waals surface area contributed by atoms with Crippen molar-refractivity contribution >= 4 is 11.9 Å². The second kappa shape index (κ2) is 9.88. The van der Waals surface area contributed by atoms with Gasteiger partial charge in [-0.3, -0.25) is 10.2 Å². The SMILES string of the molecule is CC(=O)OCCCCOc1ccc(-c2noc(C3CCCN3C(=N)N)n2)cc1C(F)(F)F. The number of hydrogen-bond acceptors (Lipinski definition) is 7. The van der Waals surface area contributed by atoms with Crippen LogP contribution in [-0.4, -0.2) is 46.7 Å². The molecule has 0 aliphatic carbocycles. The molecule has 32 heavy (non-hydrogen) atoms. The fourth-order valence-corrected chi connectivity index (χ4v) is 3.42. The van der Waals surface area contributed by atoms with Crippen molar-refractivity contribution in [2.75, 3.05) is 19.8 Å². The van der Waals surface area contributed by atoms with Crippen molar-refractivity contribution in [3.05, 3.63) is 29.7 Å². The van der Waals surface area contributed by atoms with Gasteiger partial charge in [0.2, 0.25) is 11.7 Å². The Kier molecular flexibility index (Phi) is 7.21. The average Bonchev–Trinajstić information content (AvgIpc) is 3.39. The van der Waals surface area contributed by atoms with Gasteiger partial charge in [-0.25, -0.2) is 0 Å². The van der Waals surface area contributed by atoms with E-state index in [0.717, 1.165) is 12.5 Å². The Morgan fingerprint density at radius 1 is 1.34 bits per heavy atom. The van der Waals surface area contributed by atoms with Gasteiger partial charge in [-0.15, -0.1) is 0 Å². The number of unbranched alkanes of at least 4 members (excludes halogenated alkanes) is 1. The molecule has 1 aliphatic rings. The quantitative estimate of drug-likeness (QED) is 0.268. The van der Waals surface area contributed by atoms with E-state index in [0.29, 0.717) is 25.8 Å². The molecule has 1 aromatic carbocycles. The highest BCUT2D eigenvalue weighted by atomic mass is 19.4. The maximum Gasteiger partial charge on any atom is 0.419 e. The van der Waals surface area contributed by atoms with Gasteiger partial charge in [0.05, 0.1) is 18.8 Å². The second-order valence-corrected chi connectivity index (χ2v) is 7.30. The van der Waals surface area contributed by atoms with Crippen LogP contribution in [0, 0.1) is 5.41 Å². The lowest BCUT2D eigenvalue weighted by atomic mass is 10.1. The van der Waals surface area contributed by atoms with E-state index in [-0.39, 0.29) is 48.2 Å². The standard InChI is InChI=1S/C20H24F3N5O4/c1-12(29)30-9-2-3-10-31-16-7-6-13(11-14(16)20(21,22)23)17-26-18(32-27-17)15-5-4-8-28(15)19(24)25/h6-7,11,15H,2-5,8-10H2,1H3,(H3,24,25). The number of nitrogens with zero attached hydrogens (tertiary/aromatic N) is 3. The smallest absolute Gasteiger partial charge is 0.419 e. The van der Waals surface area contributed by atoms with Crippen molar-refractivity contribution in [2.24, 2.45) is 5.73 Å². The normalized spacial score (nSPS) is 16.2. The molecule has 2 heterocycles. The number of carbonyl (C=O) groups excluding carboxylic acids is 1. The molecule has 1 atom stereocenters. The lowest BCUT2D eigenvalue weighted by Gasteiger charge is -2.21. The Balaban J connectivity index is 1.72. The number of nitrogens with two attached hydrogens (primary N) is 1. The first kappa shape index (κ1) is 23.4. The zero-order valence-corrected chi connectivity index (χ0v) is 17.4. The molecule has 1 fully saturated rings. The fourth-order valence-electron chi connectivity index (χ4n) is 3.42. The summed E-state index contributed by atoms with van der Waals surface area (Å²) in [5, 5.41) is 11.4. The Morgan fingerprint density at radius 3 is 2.78 bits per heavy atom. The number of esters is 1. The van der Waals surface area contributed by atoms with Crippen LogP contribution in [0.1, 0.15) is 50.1 Å². The molecular weight excluding hydrogens is 431 g/mol. The van der Waals surface area contributed by atoms with Gasteiger partial charge in [0, 0.05) is 19.0 Å². The van der Waals surface area contributed by atoms with Crippen LogP contribution in [0.4, 0.5) is 13.2 Å². The van der Waals surface area contributed by atoms with E-state index in [4.69, 9.17) is 25.1 Å². The minimum absolute atomic E-state index is 0.00818. The number of likely N-dealkylation sites (tertiary alicyclic amines) is 1. The van der Waals surface area contributed by atoms with Gasteiger partial charge in [-0.1, -0.05) is 5.16 Å². The Labute approximate surface area is 182 Å².